The highest BCUT2D eigenvalue weighted by atomic mass is 32.2. The first-order valence-electron chi connectivity index (χ1n) is 5.52. The van der Waals surface area contributed by atoms with E-state index in [-0.39, 0.29) is 18.8 Å². The van der Waals surface area contributed by atoms with E-state index in [4.69, 9.17) is 10.5 Å². The van der Waals surface area contributed by atoms with Gasteiger partial charge in [-0.25, -0.2) is 13.2 Å². The third-order valence-corrected chi connectivity index (χ3v) is 4.43. The zero-order valence-electron chi connectivity index (χ0n) is 10.7. The Morgan fingerprint density at radius 3 is 2.33 bits per heavy atom. The summed E-state index contributed by atoms with van der Waals surface area (Å²) in [5.41, 5.74) is 4.36. The largest absolute Gasteiger partial charge is 0.444 e. The molecule has 7 nitrogen and oxygen atoms in total. The van der Waals surface area contributed by atoms with Crippen LogP contribution in [0.2, 0.25) is 0 Å². The Morgan fingerprint density at radius 1 is 1.33 bits per heavy atom. The van der Waals surface area contributed by atoms with E-state index in [9.17, 15) is 18.0 Å². The second-order valence-corrected chi connectivity index (χ2v) is 7.49. The standard InChI is InChI=1S/C10H18N2O5S/c1-10(2,3)17-9(14)12-4-5-18(15,16)7(6-12)8(11)13/h7H,4-6H2,1-3H3,(H2,11,13). The molecular weight excluding hydrogens is 260 g/mol. The Kier molecular flexibility index (Phi) is 3.89. The Balaban J connectivity index is 2.79. The van der Waals surface area contributed by atoms with E-state index >= 15 is 0 Å². The van der Waals surface area contributed by atoms with Crippen molar-refractivity contribution in [1.29, 1.82) is 0 Å². The second kappa shape index (κ2) is 4.75. The molecule has 8 heteroatoms. The van der Waals surface area contributed by atoms with Gasteiger partial charge in [0.25, 0.3) is 0 Å². The van der Waals surface area contributed by atoms with Gasteiger partial charge in [0.1, 0.15) is 5.60 Å². The molecular formula is C10H18N2O5S. The lowest BCUT2D eigenvalue weighted by molar-refractivity contribution is -0.118. The van der Waals surface area contributed by atoms with Crippen molar-refractivity contribution >= 4 is 21.8 Å². The predicted octanol–water partition coefficient (Wildman–Crippen LogP) is -0.494. The minimum atomic E-state index is -3.56. The highest BCUT2D eigenvalue weighted by Gasteiger charge is 2.39. The molecule has 0 aliphatic carbocycles. The zero-order chi connectivity index (χ0) is 14.1. The minimum absolute atomic E-state index is 0.0149. The maximum atomic E-state index is 11.7. The van der Waals surface area contributed by atoms with Gasteiger partial charge < -0.3 is 15.4 Å². The van der Waals surface area contributed by atoms with Crippen molar-refractivity contribution < 1.29 is 22.7 Å². The monoisotopic (exact) mass is 278 g/mol. The first kappa shape index (κ1) is 14.7. The summed E-state index contributed by atoms with van der Waals surface area (Å²) in [4.78, 5) is 24.0. The number of primary amides is 1. The SMILES string of the molecule is CC(C)(C)OC(=O)N1CCS(=O)(=O)C(C(N)=O)C1. The molecule has 104 valence electrons. The van der Waals surface area contributed by atoms with Crippen molar-refractivity contribution in [2.75, 3.05) is 18.8 Å². The molecule has 0 aromatic carbocycles. The van der Waals surface area contributed by atoms with Gasteiger partial charge in [-0.1, -0.05) is 0 Å². The first-order chi connectivity index (χ1) is 8.03. The van der Waals surface area contributed by atoms with Crippen LogP contribution in [0.5, 0.6) is 0 Å². The van der Waals surface area contributed by atoms with Gasteiger partial charge in [-0.2, -0.15) is 0 Å². The summed E-state index contributed by atoms with van der Waals surface area (Å²) in [6.07, 6.45) is -0.636. The molecule has 2 amide bonds. The van der Waals surface area contributed by atoms with E-state index < -0.39 is 32.7 Å². The van der Waals surface area contributed by atoms with Crippen molar-refractivity contribution in [2.24, 2.45) is 5.73 Å². The van der Waals surface area contributed by atoms with Crippen LogP contribution >= 0.6 is 0 Å². The molecule has 1 fully saturated rings. The maximum absolute atomic E-state index is 11.7. The van der Waals surface area contributed by atoms with Gasteiger partial charge in [-0.15, -0.1) is 0 Å². The number of nitrogens with two attached hydrogens (primary N) is 1. The summed E-state index contributed by atoms with van der Waals surface area (Å²) in [5.74, 6) is -1.22. The molecule has 1 aliphatic heterocycles. The summed E-state index contributed by atoms with van der Waals surface area (Å²) >= 11 is 0. The number of amides is 2. The average molecular weight is 278 g/mol. The highest BCUT2D eigenvalue weighted by Crippen LogP contribution is 2.16. The summed E-state index contributed by atoms with van der Waals surface area (Å²) in [6.45, 7) is 4.89. The van der Waals surface area contributed by atoms with Gasteiger partial charge in [0.2, 0.25) is 5.91 Å². The summed E-state index contributed by atoms with van der Waals surface area (Å²) in [5, 5.41) is -1.35. The van der Waals surface area contributed by atoms with Crippen LogP contribution < -0.4 is 5.73 Å². The molecule has 1 rings (SSSR count). The Bertz CT molecular complexity index is 451. The molecule has 2 N–H and O–H groups in total. The summed E-state index contributed by atoms with van der Waals surface area (Å²) < 4.78 is 28.3. The van der Waals surface area contributed by atoms with Crippen molar-refractivity contribution in [3.63, 3.8) is 0 Å². The molecule has 18 heavy (non-hydrogen) atoms. The lowest BCUT2D eigenvalue weighted by atomic mass is 10.2. The number of hydrogen-bond acceptors (Lipinski definition) is 5. The van der Waals surface area contributed by atoms with Gasteiger partial charge in [0.15, 0.2) is 15.1 Å². The Hall–Kier alpha value is -1.31. The van der Waals surface area contributed by atoms with Crippen molar-refractivity contribution in [3.05, 3.63) is 0 Å². The normalized spacial score (nSPS) is 23.5. The second-order valence-electron chi connectivity index (χ2n) is 5.18. The molecule has 0 spiro atoms. The Labute approximate surface area is 106 Å². The molecule has 0 aromatic rings. The van der Waals surface area contributed by atoms with E-state index in [0.717, 1.165) is 0 Å². The van der Waals surface area contributed by atoms with E-state index in [1.807, 2.05) is 0 Å². The van der Waals surface area contributed by atoms with E-state index in [1.54, 1.807) is 20.8 Å². The first-order valence-corrected chi connectivity index (χ1v) is 7.23. The number of nitrogens with zero attached hydrogens (tertiary/aromatic N) is 1. The van der Waals surface area contributed by atoms with Crippen LogP contribution in [0.15, 0.2) is 0 Å². The van der Waals surface area contributed by atoms with Gasteiger partial charge in [0, 0.05) is 13.1 Å². The van der Waals surface area contributed by atoms with Crippen LogP contribution in [0.1, 0.15) is 20.8 Å². The van der Waals surface area contributed by atoms with Gasteiger partial charge in [0.05, 0.1) is 5.75 Å². The summed E-state index contributed by atoms with van der Waals surface area (Å²) in [7, 11) is -3.56. The highest BCUT2D eigenvalue weighted by molar-refractivity contribution is 7.92. The van der Waals surface area contributed by atoms with Crippen LogP contribution in [-0.2, 0) is 19.4 Å². The lowest BCUT2D eigenvalue weighted by Gasteiger charge is -2.32. The third-order valence-electron chi connectivity index (χ3n) is 2.43. The Morgan fingerprint density at radius 2 is 1.89 bits per heavy atom. The van der Waals surface area contributed by atoms with Crippen LogP contribution in [0.3, 0.4) is 0 Å². The maximum Gasteiger partial charge on any atom is 0.410 e. The van der Waals surface area contributed by atoms with Gasteiger partial charge in [-0.05, 0) is 20.8 Å². The smallest absolute Gasteiger partial charge is 0.410 e. The topological polar surface area (TPSA) is 107 Å². The van der Waals surface area contributed by atoms with Crippen molar-refractivity contribution in [3.8, 4) is 0 Å². The fraction of sp³-hybridized carbons (Fsp3) is 0.800. The van der Waals surface area contributed by atoms with Gasteiger partial charge in [-0.3, -0.25) is 4.79 Å². The molecule has 0 saturated carbocycles. The van der Waals surface area contributed by atoms with Crippen molar-refractivity contribution in [1.82, 2.24) is 4.90 Å². The quantitative estimate of drug-likeness (QED) is 0.696. The van der Waals surface area contributed by atoms with E-state index in [0.29, 0.717) is 0 Å². The van der Waals surface area contributed by atoms with Crippen LogP contribution in [-0.4, -0.2) is 55.0 Å². The minimum Gasteiger partial charge on any atom is -0.444 e. The molecule has 1 heterocycles. The molecule has 0 radical (unpaired) electrons. The fourth-order valence-corrected chi connectivity index (χ4v) is 3.06. The molecule has 1 unspecified atom stereocenters. The van der Waals surface area contributed by atoms with Crippen LogP contribution in [0.4, 0.5) is 4.79 Å². The number of carbonyl (C=O) groups excluding carboxylic acids is 2. The molecule has 1 atom stereocenters. The van der Waals surface area contributed by atoms with Crippen LogP contribution in [0.25, 0.3) is 0 Å². The molecule has 1 saturated heterocycles. The zero-order valence-corrected chi connectivity index (χ0v) is 11.5. The third kappa shape index (κ3) is 3.59. The number of ether oxygens (including phenoxy) is 1. The number of carbonyl (C=O) groups is 2. The number of hydrogen-bond donors (Lipinski definition) is 1. The molecule has 0 aromatic heterocycles. The van der Waals surface area contributed by atoms with Crippen LogP contribution in [0, 0.1) is 0 Å². The molecule has 1 aliphatic rings. The summed E-state index contributed by atoms with van der Waals surface area (Å²) in [6, 6.07) is 0. The molecule has 0 bridgehead atoms. The number of rotatable bonds is 1. The van der Waals surface area contributed by atoms with E-state index in [2.05, 4.69) is 0 Å². The van der Waals surface area contributed by atoms with Gasteiger partial charge >= 0.3 is 6.09 Å². The fourth-order valence-electron chi connectivity index (χ4n) is 1.54. The predicted molar refractivity (Wildman–Crippen MR) is 64.6 cm³/mol. The lowest BCUT2D eigenvalue weighted by Crippen LogP contribution is -2.54. The van der Waals surface area contributed by atoms with Crippen molar-refractivity contribution in [2.45, 2.75) is 31.6 Å². The average Bonchev–Trinajstić information content (AvgIpc) is 2.13. The number of sulfone groups is 1. The van der Waals surface area contributed by atoms with E-state index in [1.165, 1.54) is 4.90 Å².